The Morgan fingerprint density at radius 2 is 1.82 bits per heavy atom. The highest BCUT2D eigenvalue weighted by molar-refractivity contribution is 7.99. The monoisotopic (exact) mass is 474 g/mol. The minimum absolute atomic E-state index is 0.0596. The number of carbonyl (C=O) groups excluding carboxylic acids is 1. The van der Waals surface area contributed by atoms with Gasteiger partial charge in [0.15, 0.2) is 5.16 Å². The van der Waals surface area contributed by atoms with Gasteiger partial charge in [-0.25, -0.2) is 10.4 Å². The molecule has 0 saturated carbocycles. The van der Waals surface area contributed by atoms with Crippen LogP contribution in [0.25, 0.3) is 15.9 Å². The van der Waals surface area contributed by atoms with E-state index in [1.165, 1.54) is 16.6 Å². The number of carbonyl (C=O) groups is 1. The number of nitrogens with one attached hydrogen (secondary N) is 1. The molecule has 6 nitrogen and oxygen atoms in total. The van der Waals surface area contributed by atoms with Gasteiger partial charge in [-0.3, -0.25) is 14.2 Å². The summed E-state index contributed by atoms with van der Waals surface area (Å²) in [5, 5.41) is 5.27. The molecule has 0 unspecified atom stereocenters. The van der Waals surface area contributed by atoms with Crippen molar-refractivity contribution < 1.29 is 4.79 Å². The number of fused-ring (bicyclic) bond motifs is 3. The Kier molecular flexibility index (Phi) is 6.37. The summed E-state index contributed by atoms with van der Waals surface area (Å²) in [4.78, 5) is 32.9. The van der Waals surface area contributed by atoms with Crippen LogP contribution in [0.5, 0.6) is 0 Å². The minimum atomic E-state index is -0.258. The van der Waals surface area contributed by atoms with Crippen molar-refractivity contribution in [1.29, 1.82) is 0 Å². The van der Waals surface area contributed by atoms with Gasteiger partial charge in [-0.15, -0.1) is 11.3 Å². The van der Waals surface area contributed by atoms with Gasteiger partial charge in [0.1, 0.15) is 4.83 Å². The summed E-state index contributed by atoms with van der Waals surface area (Å²) in [5.41, 5.74) is 5.30. The average molecular weight is 475 g/mol. The molecule has 0 aliphatic heterocycles. The lowest BCUT2D eigenvalue weighted by molar-refractivity contribution is -0.118. The zero-order chi connectivity index (χ0) is 22.6. The van der Waals surface area contributed by atoms with Crippen LogP contribution >= 0.6 is 23.1 Å². The summed E-state index contributed by atoms with van der Waals surface area (Å²) < 4.78 is 1.63. The first-order valence-electron chi connectivity index (χ1n) is 10.8. The third-order valence-corrected chi connectivity index (χ3v) is 7.63. The van der Waals surface area contributed by atoms with Crippen molar-refractivity contribution in [1.82, 2.24) is 15.0 Å². The summed E-state index contributed by atoms with van der Waals surface area (Å²) in [6.45, 7) is 0. The lowest BCUT2D eigenvalue weighted by Gasteiger charge is -2.13. The predicted molar refractivity (Wildman–Crippen MR) is 135 cm³/mol. The van der Waals surface area contributed by atoms with Crippen LogP contribution in [0.15, 0.2) is 75.7 Å². The first-order valence-corrected chi connectivity index (χ1v) is 12.6. The van der Waals surface area contributed by atoms with Crippen LogP contribution in [0.3, 0.4) is 0 Å². The SMILES string of the molecule is O=C(CSc1nc2sc3c(c2c(=O)n1-c1ccccc1)CCCC3)NN=Cc1ccccc1. The topological polar surface area (TPSA) is 76.3 Å². The fourth-order valence-corrected chi connectivity index (χ4v) is 6.08. The number of thioether (sulfide) groups is 1. The molecular weight excluding hydrogens is 452 g/mol. The molecule has 4 aromatic rings. The van der Waals surface area contributed by atoms with Gasteiger partial charge in [-0.05, 0) is 48.9 Å². The van der Waals surface area contributed by atoms with Gasteiger partial charge >= 0.3 is 0 Å². The van der Waals surface area contributed by atoms with E-state index in [9.17, 15) is 9.59 Å². The number of aromatic nitrogens is 2. The highest BCUT2D eigenvalue weighted by atomic mass is 32.2. The second kappa shape index (κ2) is 9.72. The lowest BCUT2D eigenvalue weighted by Crippen LogP contribution is -2.24. The van der Waals surface area contributed by atoms with Gasteiger partial charge < -0.3 is 0 Å². The number of nitrogens with zero attached hydrogens (tertiary/aromatic N) is 3. The number of para-hydroxylation sites is 1. The average Bonchev–Trinajstić information content (AvgIpc) is 3.23. The Hall–Kier alpha value is -3.23. The quantitative estimate of drug-likeness (QED) is 0.192. The molecule has 2 aromatic carbocycles. The summed E-state index contributed by atoms with van der Waals surface area (Å²) >= 11 is 2.86. The van der Waals surface area contributed by atoms with Crippen LogP contribution in [0, 0.1) is 0 Å². The van der Waals surface area contributed by atoms with E-state index in [1.807, 2.05) is 60.7 Å². The number of rotatable bonds is 6. The van der Waals surface area contributed by atoms with E-state index in [0.717, 1.165) is 52.7 Å². The molecule has 1 aliphatic carbocycles. The summed E-state index contributed by atoms with van der Waals surface area (Å²) in [5.74, 6) is -0.159. The maximum absolute atomic E-state index is 13.6. The van der Waals surface area contributed by atoms with Crippen molar-refractivity contribution in [3.63, 3.8) is 0 Å². The van der Waals surface area contributed by atoms with Gasteiger partial charge in [0, 0.05) is 4.88 Å². The number of hydrazone groups is 1. The van der Waals surface area contributed by atoms with E-state index in [1.54, 1.807) is 22.1 Å². The third kappa shape index (κ3) is 4.62. The van der Waals surface area contributed by atoms with E-state index >= 15 is 0 Å². The number of hydrogen-bond acceptors (Lipinski definition) is 6. The van der Waals surface area contributed by atoms with E-state index in [2.05, 4.69) is 10.5 Å². The van der Waals surface area contributed by atoms with Crippen LogP contribution in [0.2, 0.25) is 0 Å². The second-order valence-corrected chi connectivity index (χ2v) is 9.78. The predicted octanol–water partition coefficient (Wildman–Crippen LogP) is 4.57. The molecule has 0 radical (unpaired) electrons. The van der Waals surface area contributed by atoms with Crippen molar-refractivity contribution in [3.8, 4) is 5.69 Å². The molecule has 8 heteroatoms. The zero-order valence-corrected chi connectivity index (χ0v) is 19.5. The van der Waals surface area contributed by atoms with Crippen molar-refractivity contribution >= 4 is 45.4 Å². The number of thiophene rings is 1. The molecule has 2 heterocycles. The molecule has 0 spiro atoms. The minimum Gasteiger partial charge on any atom is -0.272 e. The Morgan fingerprint density at radius 1 is 1.09 bits per heavy atom. The summed E-state index contributed by atoms with van der Waals surface area (Å²) in [6.07, 6.45) is 5.78. The van der Waals surface area contributed by atoms with E-state index in [-0.39, 0.29) is 17.2 Å². The molecule has 0 atom stereocenters. The zero-order valence-electron chi connectivity index (χ0n) is 17.9. The van der Waals surface area contributed by atoms with Crippen LogP contribution in [0.4, 0.5) is 0 Å². The van der Waals surface area contributed by atoms with Crippen molar-refractivity contribution in [3.05, 3.63) is 87.0 Å². The number of aryl methyl sites for hydroxylation is 2. The van der Waals surface area contributed by atoms with Crippen molar-refractivity contribution in [2.75, 3.05) is 5.75 Å². The van der Waals surface area contributed by atoms with Gasteiger partial charge in [0.2, 0.25) is 0 Å². The van der Waals surface area contributed by atoms with Crippen LogP contribution < -0.4 is 11.0 Å². The second-order valence-electron chi connectivity index (χ2n) is 7.75. The third-order valence-electron chi connectivity index (χ3n) is 5.51. The molecule has 5 rings (SSSR count). The van der Waals surface area contributed by atoms with E-state index in [0.29, 0.717) is 5.16 Å². The molecule has 166 valence electrons. The highest BCUT2D eigenvalue weighted by Crippen LogP contribution is 2.35. The summed E-state index contributed by atoms with van der Waals surface area (Å²) in [6, 6.07) is 19.0. The molecule has 1 N–H and O–H groups in total. The van der Waals surface area contributed by atoms with Crippen LogP contribution in [0.1, 0.15) is 28.8 Å². The smallest absolute Gasteiger partial charge is 0.267 e. The van der Waals surface area contributed by atoms with Crippen molar-refractivity contribution in [2.45, 2.75) is 30.8 Å². The highest BCUT2D eigenvalue weighted by Gasteiger charge is 2.23. The fourth-order valence-electron chi connectivity index (χ4n) is 3.97. The Balaban J connectivity index is 1.44. The van der Waals surface area contributed by atoms with Gasteiger partial charge in [-0.2, -0.15) is 5.10 Å². The Morgan fingerprint density at radius 3 is 2.61 bits per heavy atom. The van der Waals surface area contributed by atoms with Crippen molar-refractivity contribution in [2.24, 2.45) is 5.10 Å². The van der Waals surface area contributed by atoms with Crippen LogP contribution in [-0.4, -0.2) is 27.4 Å². The normalized spacial score (nSPS) is 13.3. The van der Waals surface area contributed by atoms with E-state index < -0.39 is 0 Å². The maximum atomic E-state index is 13.6. The largest absolute Gasteiger partial charge is 0.272 e. The molecule has 0 bridgehead atoms. The van der Waals surface area contributed by atoms with Gasteiger partial charge in [0.05, 0.1) is 23.0 Å². The number of amides is 1. The first-order chi connectivity index (χ1) is 16.2. The van der Waals surface area contributed by atoms with Gasteiger partial charge in [-0.1, -0.05) is 60.3 Å². The fraction of sp³-hybridized carbons (Fsp3) is 0.200. The van der Waals surface area contributed by atoms with Gasteiger partial charge in [0.25, 0.3) is 11.5 Å². The molecular formula is C25H22N4O2S2. The molecule has 0 saturated heterocycles. The summed E-state index contributed by atoms with van der Waals surface area (Å²) in [7, 11) is 0. The Labute approximate surface area is 199 Å². The molecule has 1 amide bonds. The molecule has 0 fully saturated rings. The van der Waals surface area contributed by atoms with E-state index in [4.69, 9.17) is 4.98 Å². The molecule has 33 heavy (non-hydrogen) atoms. The number of benzene rings is 2. The Bertz CT molecular complexity index is 1380. The molecule has 2 aromatic heterocycles. The maximum Gasteiger partial charge on any atom is 0.267 e. The number of hydrogen-bond donors (Lipinski definition) is 1. The lowest BCUT2D eigenvalue weighted by atomic mass is 9.97. The molecule has 1 aliphatic rings. The van der Waals surface area contributed by atoms with Crippen LogP contribution in [-0.2, 0) is 17.6 Å². The first kappa shape index (κ1) is 21.6. The standard InChI is InChI=1S/C25H22N4O2S2/c30-21(28-26-15-17-9-3-1-4-10-17)16-32-25-27-23-22(19-13-7-8-14-20(19)33-23)24(31)29(25)18-11-5-2-6-12-18/h1-6,9-12,15H,7-8,13-14,16H2,(H,28,30).